The molecule has 32 heavy (non-hydrogen) atoms. The molecule has 6 nitrogen and oxygen atoms in total. The Morgan fingerprint density at radius 1 is 1.12 bits per heavy atom. The highest BCUT2D eigenvalue weighted by molar-refractivity contribution is 7.92. The monoisotopic (exact) mass is 455 g/mol. The van der Waals surface area contributed by atoms with Crippen LogP contribution in [0.3, 0.4) is 0 Å². The average Bonchev–Trinajstić information content (AvgIpc) is 3.22. The number of hydrogen-bond donors (Lipinski definition) is 0. The van der Waals surface area contributed by atoms with Crippen molar-refractivity contribution in [1.82, 2.24) is 9.80 Å². The predicted molar refractivity (Wildman–Crippen MR) is 128 cm³/mol. The molecule has 0 bridgehead atoms. The number of benzene rings is 2. The fraction of sp³-hybridized carbons (Fsp3) is 0.480. The van der Waals surface area contributed by atoms with E-state index >= 15 is 0 Å². The summed E-state index contributed by atoms with van der Waals surface area (Å²) in [7, 11) is -3.29. The van der Waals surface area contributed by atoms with E-state index in [0.717, 1.165) is 51.0 Å². The highest BCUT2D eigenvalue weighted by atomic mass is 32.2. The van der Waals surface area contributed by atoms with E-state index in [2.05, 4.69) is 36.1 Å². The lowest BCUT2D eigenvalue weighted by Gasteiger charge is -2.39. The SMILES string of the molecule is CCCN(C(=O)c1ccc2c(c1)CCN2S(C)(=O)=O)C1CCCN(Cc2ccccc2)C1. The van der Waals surface area contributed by atoms with Crippen molar-refractivity contribution < 1.29 is 13.2 Å². The van der Waals surface area contributed by atoms with E-state index in [4.69, 9.17) is 0 Å². The molecule has 2 aliphatic rings. The average molecular weight is 456 g/mol. The van der Waals surface area contributed by atoms with E-state index in [-0.39, 0.29) is 11.9 Å². The fourth-order valence-electron chi connectivity index (χ4n) is 4.98. The van der Waals surface area contributed by atoms with Crippen LogP contribution in [0.15, 0.2) is 48.5 Å². The van der Waals surface area contributed by atoms with Gasteiger partial charge in [0.1, 0.15) is 0 Å². The molecule has 2 aliphatic heterocycles. The second kappa shape index (κ2) is 9.63. The number of carbonyl (C=O) groups is 1. The summed E-state index contributed by atoms with van der Waals surface area (Å²) in [5.74, 6) is 0.0546. The highest BCUT2D eigenvalue weighted by Gasteiger charge is 2.31. The lowest BCUT2D eigenvalue weighted by atomic mass is 10.0. The summed E-state index contributed by atoms with van der Waals surface area (Å²) in [6.45, 7) is 6.13. The van der Waals surface area contributed by atoms with Gasteiger partial charge < -0.3 is 4.90 Å². The smallest absolute Gasteiger partial charge is 0.254 e. The van der Waals surface area contributed by atoms with Gasteiger partial charge in [-0.15, -0.1) is 0 Å². The van der Waals surface area contributed by atoms with E-state index in [9.17, 15) is 13.2 Å². The molecule has 4 rings (SSSR count). The summed E-state index contributed by atoms with van der Waals surface area (Å²) in [4.78, 5) is 18.0. The van der Waals surface area contributed by atoms with Gasteiger partial charge in [-0.3, -0.25) is 14.0 Å². The molecule has 1 saturated heterocycles. The van der Waals surface area contributed by atoms with Crippen molar-refractivity contribution in [2.24, 2.45) is 0 Å². The first-order valence-corrected chi connectivity index (χ1v) is 13.4. The van der Waals surface area contributed by atoms with Gasteiger partial charge in [0, 0.05) is 37.8 Å². The molecule has 0 saturated carbocycles. The topological polar surface area (TPSA) is 60.9 Å². The van der Waals surface area contributed by atoms with Gasteiger partial charge in [-0.25, -0.2) is 8.42 Å². The van der Waals surface area contributed by atoms with Crippen LogP contribution in [-0.4, -0.2) is 62.6 Å². The van der Waals surface area contributed by atoms with Gasteiger partial charge in [-0.1, -0.05) is 37.3 Å². The van der Waals surface area contributed by atoms with E-state index in [1.54, 1.807) is 12.1 Å². The molecule has 0 N–H and O–H groups in total. The molecule has 7 heteroatoms. The molecule has 1 unspecified atom stereocenters. The highest BCUT2D eigenvalue weighted by Crippen LogP contribution is 2.31. The Morgan fingerprint density at radius 2 is 1.91 bits per heavy atom. The zero-order valence-corrected chi connectivity index (χ0v) is 19.9. The Bertz CT molecular complexity index is 1060. The number of carbonyl (C=O) groups excluding carboxylic acids is 1. The molecular formula is C25H33N3O3S. The third-order valence-corrected chi connectivity index (χ3v) is 7.66. The van der Waals surface area contributed by atoms with E-state index in [0.29, 0.717) is 24.2 Å². The molecule has 0 aliphatic carbocycles. The molecule has 172 valence electrons. The number of sulfonamides is 1. The first kappa shape index (κ1) is 22.8. The minimum atomic E-state index is -3.29. The third-order valence-electron chi connectivity index (χ3n) is 6.48. The molecule has 2 heterocycles. The maximum Gasteiger partial charge on any atom is 0.254 e. The Labute approximate surface area is 191 Å². The summed E-state index contributed by atoms with van der Waals surface area (Å²) in [6, 6.07) is 16.2. The molecule has 2 aromatic carbocycles. The van der Waals surface area contributed by atoms with Gasteiger partial charge in [0.2, 0.25) is 10.0 Å². The van der Waals surface area contributed by atoms with Crippen LogP contribution in [0.4, 0.5) is 5.69 Å². The number of likely N-dealkylation sites (tertiary alicyclic amines) is 1. The number of anilines is 1. The number of rotatable bonds is 7. The van der Waals surface area contributed by atoms with Crippen molar-refractivity contribution >= 4 is 21.6 Å². The molecule has 2 aromatic rings. The van der Waals surface area contributed by atoms with Crippen LogP contribution in [-0.2, 0) is 23.0 Å². The van der Waals surface area contributed by atoms with Crippen molar-refractivity contribution in [2.75, 3.05) is 36.7 Å². The van der Waals surface area contributed by atoms with Crippen molar-refractivity contribution in [2.45, 2.75) is 45.2 Å². The molecule has 0 radical (unpaired) electrons. The zero-order chi connectivity index (χ0) is 22.7. The number of amides is 1. The van der Waals surface area contributed by atoms with Crippen molar-refractivity contribution in [3.63, 3.8) is 0 Å². The van der Waals surface area contributed by atoms with Gasteiger partial charge in [-0.2, -0.15) is 0 Å². The van der Waals surface area contributed by atoms with Crippen LogP contribution < -0.4 is 4.31 Å². The van der Waals surface area contributed by atoms with Gasteiger partial charge in [0.05, 0.1) is 11.9 Å². The third kappa shape index (κ3) is 4.99. The van der Waals surface area contributed by atoms with Crippen LogP contribution in [0.25, 0.3) is 0 Å². The summed E-state index contributed by atoms with van der Waals surface area (Å²) in [6.07, 6.45) is 4.88. The Hall–Kier alpha value is -2.38. The molecular weight excluding hydrogens is 422 g/mol. The number of nitrogens with zero attached hydrogens (tertiary/aromatic N) is 3. The second-order valence-electron chi connectivity index (χ2n) is 8.94. The van der Waals surface area contributed by atoms with Gasteiger partial charge in [-0.05, 0) is 61.6 Å². The predicted octanol–water partition coefficient (Wildman–Crippen LogP) is 3.53. The Morgan fingerprint density at radius 3 is 2.62 bits per heavy atom. The molecule has 0 spiro atoms. The summed E-state index contributed by atoms with van der Waals surface area (Å²) in [5.41, 5.74) is 3.60. The van der Waals surface area contributed by atoms with E-state index < -0.39 is 10.0 Å². The van der Waals surface area contributed by atoms with Gasteiger partial charge in [0.15, 0.2) is 0 Å². The Kier molecular flexibility index (Phi) is 6.86. The molecule has 1 fully saturated rings. The van der Waals surface area contributed by atoms with Crippen molar-refractivity contribution in [3.8, 4) is 0 Å². The molecule has 1 atom stereocenters. The molecule has 0 aromatic heterocycles. The van der Waals surface area contributed by atoms with E-state index in [1.807, 2.05) is 17.0 Å². The van der Waals surface area contributed by atoms with Crippen molar-refractivity contribution in [1.29, 1.82) is 0 Å². The van der Waals surface area contributed by atoms with Gasteiger partial charge in [0.25, 0.3) is 5.91 Å². The molecule has 1 amide bonds. The minimum Gasteiger partial charge on any atom is -0.334 e. The summed E-state index contributed by atoms with van der Waals surface area (Å²) >= 11 is 0. The van der Waals surface area contributed by atoms with Crippen molar-refractivity contribution in [3.05, 3.63) is 65.2 Å². The zero-order valence-electron chi connectivity index (χ0n) is 19.0. The number of fused-ring (bicyclic) bond motifs is 1. The lowest BCUT2D eigenvalue weighted by Crippen LogP contribution is -2.50. The van der Waals surface area contributed by atoms with Crippen LogP contribution in [0.1, 0.15) is 47.7 Å². The van der Waals surface area contributed by atoms with Crippen LogP contribution >= 0.6 is 0 Å². The fourth-order valence-corrected chi connectivity index (χ4v) is 5.93. The lowest BCUT2D eigenvalue weighted by molar-refractivity contribution is 0.0534. The van der Waals surface area contributed by atoms with Crippen LogP contribution in [0.5, 0.6) is 0 Å². The normalized spacial score (nSPS) is 19.1. The number of hydrogen-bond acceptors (Lipinski definition) is 4. The van der Waals surface area contributed by atoms with E-state index in [1.165, 1.54) is 16.1 Å². The minimum absolute atomic E-state index is 0.0546. The maximum absolute atomic E-state index is 13.6. The van der Waals surface area contributed by atoms with Crippen LogP contribution in [0.2, 0.25) is 0 Å². The van der Waals surface area contributed by atoms with Gasteiger partial charge >= 0.3 is 0 Å². The van der Waals surface area contributed by atoms with Crippen LogP contribution in [0, 0.1) is 0 Å². The largest absolute Gasteiger partial charge is 0.334 e. The Balaban J connectivity index is 1.50. The first-order valence-electron chi connectivity index (χ1n) is 11.5. The first-order chi connectivity index (χ1) is 15.4. The number of piperidine rings is 1. The second-order valence-corrected chi connectivity index (χ2v) is 10.9. The summed E-state index contributed by atoms with van der Waals surface area (Å²) in [5, 5.41) is 0. The standard InChI is InChI=1S/C25H33N3O3S/c1-3-14-27(23-10-7-15-26(19-23)18-20-8-5-4-6-9-20)25(29)22-11-12-24-21(17-22)13-16-28(24)32(2,30)31/h4-6,8-9,11-12,17,23H,3,7,10,13-16,18-19H2,1-2H3. The summed E-state index contributed by atoms with van der Waals surface area (Å²) < 4.78 is 25.5. The quantitative estimate of drug-likeness (QED) is 0.641. The maximum atomic E-state index is 13.6.